The van der Waals surface area contributed by atoms with E-state index in [2.05, 4.69) is 26.2 Å². The number of aryl methyl sites for hydroxylation is 1. The van der Waals surface area contributed by atoms with Crippen LogP contribution in [0.2, 0.25) is 0 Å². The van der Waals surface area contributed by atoms with Gasteiger partial charge in [-0.1, -0.05) is 42.5 Å². The van der Waals surface area contributed by atoms with E-state index in [1.165, 1.54) is 6.08 Å². The van der Waals surface area contributed by atoms with Gasteiger partial charge in [-0.05, 0) is 63.8 Å². The number of rotatable bonds is 6. The van der Waals surface area contributed by atoms with Gasteiger partial charge in [0.1, 0.15) is 18.2 Å². The molecule has 0 spiro atoms. The van der Waals surface area contributed by atoms with Crippen molar-refractivity contribution in [2.24, 2.45) is 0 Å². The summed E-state index contributed by atoms with van der Waals surface area (Å²) in [6, 6.07) is 19.5. The largest absolute Gasteiger partial charge is 0.489 e. The van der Waals surface area contributed by atoms with Crippen molar-refractivity contribution in [1.29, 1.82) is 0 Å². The third-order valence-electron chi connectivity index (χ3n) is 3.84. The Kier molecular flexibility index (Phi) is 6.39. The van der Waals surface area contributed by atoms with Crippen molar-refractivity contribution in [2.75, 3.05) is 5.32 Å². The summed E-state index contributed by atoms with van der Waals surface area (Å²) in [4.78, 5) is 16.3. The van der Waals surface area contributed by atoms with E-state index in [0.29, 0.717) is 12.4 Å². The molecule has 1 heterocycles. The van der Waals surface area contributed by atoms with Gasteiger partial charge in [-0.25, -0.2) is 4.98 Å². The summed E-state index contributed by atoms with van der Waals surface area (Å²) in [7, 11) is 0. The Labute approximate surface area is 167 Å². The van der Waals surface area contributed by atoms with Crippen LogP contribution in [0, 0.1) is 6.92 Å². The van der Waals surface area contributed by atoms with Crippen LogP contribution in [0.4, 0.5) is 5.82 Å². The van der Waals surface area contributed by atoms with Crippen molar-refractivity contribution >= 4 is 33.7 Å². The Morgan fingerprint density at radius 3 is 2.59 bits per heavy atom. The summed E-state index contributed by atoms with van der Waals surface area (Å²) in [5.74, 6) is 1.12. The van der Waals surface area contributed by atoms with E-state index in [1.54, 1.807) is 12.3 Å². The summed E-state index contributed by atoms with van der Waals surface area (Å²) in [5, 5.41) is 2.78. The van der Waals surface area contributed by atoms with Gasteiger partial charge in [0.2, 0.25) is 5.91 Å². The first kappa shape index (κ1) is 18.9. The molecule has 0 saturated carbocycles. The molecule has 0 unspecified atom stereocenters. The number of hydrogen-bond acceptors (Lipinski definition) is 3. The van der Waals surface area contributed by atoms with Crippen LogP contribution in [0.15, 0.2) is 77.4 Å². The lowest BCUT2D eigenvalue weighted by molar-refractivity contribution is -0.111. The Bertz CT molecular complexity index is 938. The third-order valence-corrected chi connectivity index (χ3v) is 4.28. The highest BCUT2D eigenvalue weighted by atomic mass is 79.9. The number of aromatic nitrogens is 1. The molecule has 3 aromatic rings. The maximum absolute atomic E-state index is 12.1. The molecule has 27 heavy (non-hydrogen) atoms. The van der Waals surface area contributed by atoms with E-state index in [4.69, 9.17) is 4.74 Å². The topological polar surface area (TPSA) is 51.2 Å². The molecule has 1 aromatic heterocycles. The zero-order valence-electron chi connectivity index (χ0n) is 14.9. The van der Waals surface area contributed by atoms with Gasteiger partial charge in [0.05, 0.1) is 0 Å². The molecule has 2 aromatic carbocycles. The van der Waals surface area contributed by atoms with Crippen molar-refractivity contribution in [3.8, 4) is 5.75 Å². The lowest BCUT2D eigenvalue weighted by Gasteiger charge is -2.06. The second-order valence-corrected chi connectivity index (χ2v) is 6.90. The molecule has 1 N–H and O–H groups in total. The zero-order valence-corrected chi connectivity index (χ0v) is 16.4. The van der Waals surface area contributed by atoms with Crippen LogP contribution in [0.25, 0.3) is 6.08 Å². The molecule has 0 aliphatic rings. The van der Waals surface area contributed by atoms with Crippen LogP contribution in [0.5, 0.6) is 5.75 Å². The first-order valence-corrected chi connectivity index (χ1v) is 9.27. The summed E-state index contributed by atoms with van der Waals surface area (Å²) < 4.78 is 6.64. The molecule has 0 saturated heterocycles. The number of ether oxygens (including phenoxy) is 1. The Morgan fingerprint density at radius 2 is 1.89 bits per heavy atom. The Hall–Kier alpha value is -2.92. The highest BCUT2D eigenvalue weighted by Gasteiger charge is 2.03. The number of carbonyl (C=O) groups is 1. The lowest BCUT2D eigenvalue weighted by atomic mass is 10.2. The minimum atomic E-state index is -0.225. The van der Waals surface area contributed by atoms with Crippen LogP contribution in [0.3, 0.4) is 0 Å². The van der Waals surface area contributed by atoms with Gasteiger partial charge in [0.15, 0.2) is 0 Å². The normalized spacial score (nSPS) is 10.7. The summed E-state index contributed by atoms with van der Waals surface area (Å²) in [6.07, 6.45) is 4.90. The SMILES string of the molecule is Cc1cc(Br)cnc1NC(=O)/C=C/c1ccc(OCc2ccccc2)cc1. The molecule has 4 nitrogen and oxygen atoms in total. The molecule has 5 heteroatoms. The molecule has 0 fully saturated rings. The van der Waals surface area contributed by atoms with E-state index < -0.39 is 0 Å². The predicted molar refractivity (Wildman–Crippen MR) is 112 cm³/mol. The summed E-state index contributed by atoms with van der Waals surface area (Å²) >= 11 is 3.35. The van der Waals surface area contributed by atoms with Crippen LogP contribution in [-0.2, 0) is 11.4 Å². The fraction of sp³-hybridized carbons (Fsp3) is 0.0909. The molecular weight excluding hydrogens is 404 g/mol. The fourth-order valence-electron chi connectivity index (χ4n) is 2.42. The van der Waals surface area contributed by atoms with Gasteiger partial charge in [-0.2, -0.15) is 0 Å². The van der Waals surface area contributed by atoms with Crippen molar-refractivity contribution in [2.45, 2.75) is 13.5 Å². The Balaban J connectivity index is 1.54. The molecule has 136 valence electrons. The Morgan fingerprint density at radius 1 is 1.15 bits per heavy atom. The van der Waals surface area contributed by atoms with Gasteiger partial charge in [-0.3, -0.25) is 4.79 Å². The highest BCUT2D eigenvalue weighted by Crippen LogP contribution is 2.17. The quantitative estimate of drug-likeness (QED) is 0.542. The van der Waals surface area contributed by atoms with Gasteiger partial charge < -0.3 is 10.1 Å². The number of nitrogens with zero attached hydrogens (tertiary/aromatic N) is 1. The van der Waals surface area contributed by atoms with Crippen LogP contribution < -0.4 is 10.1 Å². The number of carbonyl (C=O) groups excluding carboxylic acids is 1. The van der Waals surface area contributed by atoms with E-state index in [-0.39, 0.29) is 5.91 Å². The number of halogens is 1. The second-order valence-electron chi connectivity index (χ2n) is 5.98. The first-order valence-electron chi connectivity index (χ1n) is 8.48. The fourth-order valence-corrected chi connectivity index (χ4v) is 2.86. The molecule has 0 aliphatic heterocycles. The summed E-state index contributed by atoms with van der Waals surface area (Å²) in [6.45, 7) is 2.42. The number of nitrogens with one attached hydrogen (secondary N) is 1. The smallest absolute Gasteiger partial charge is 0.249 e. The zero-order chi connectivity index (χ0) is 19.1. The van der Waals surface area contributed by atoms with E-state index >= 15 is 0 Å². The van der Waals surface area contributed by atoms with Crippen LogP contribution in [-0.4, -0.2) is 10.9 Å². The van der Waals surface area contributed by atoms with Crippen molar-refractivity contribution in [3.63, 3.8) is 0 Å². The summed E-state index contributed by atoms with van der Waals surface area (Å²) in [5.41, 5.74) is 2.93. The average molecular weight is 423 g/mol. The van der Waals surface area contributed by atoms with Gasteiger partial charge >= 0.3 is 0 Å². The van der Waals surface area contributed by atoms with Gasteiger partial charge in [0, 0.05) is 16.7 Å². The van der Waals surface area contributed by atoms with Gasteiger partial charge in [0.25, 0.3) is 0 Å². The molecule has 0 radical (unpaired) electrons. The molecule has 3 rings (SSSR count). The predicted octanol–water partition coefficient (Wildman–Crippen LogP) is 5.38. The molecule has 0 bridgehead atoms. The van der Waals surface area contributed by atoms with E-state index in [9.17, 15) is 4.79 Å². The molecule has 1 amide bonds. The van der Waals surface area contributed by atoms with E-state index in [1.807, 2.05) is 67.6 Å². The molecule has 0 atom stereocenters. The van der Waals surface area contributed by atoms with Crippen molar-refractivity contribution in [1.82, 2.24) is 4.98 Å². The van der Waals surface area contributed by atoms with Gasteiger partial charge in [-0.15, -0.1) is 0 Å². The number of hydrogen-bond donors (Lipinski definition) is 1. The highest BCUT2D eigenvalue weighted by molar-refractivity contribution is 9.10. The lowest BCUT2D eigenvalue weighted by Crippen LogP contribution is -2.10. The minimum Gasteiger partial charge on any atom is -0.489 e. The number of amides is 1. The van der Waals surface area contributed by atoms with Crippen LogP contribution in [0.1, 0.15) is 16.7 Å². The maximum atomic E-state index is 12.1. The van der Waals surface area contributed by atoms with E-state index in [0.717, 1.165) is 26.9 Å². The monoisotopic (exact) mass is 422 g/mol. The third kappa shape index (κ3) is 5.79. The average Bonchev–Trinajstić information content (AvgIpc) is 2.68. The molecular formula is C22H19BrN2O2. The van der Waals surface area contributed by atoms with Crippen molar-refractivity contribution < 1.29 is 9.53 Å². The number of benzene rings is 2. The maximum Gasteiger partial charge on any atom is 0.249 e. The minimum absolute atomic E-state index is 0.225. The number of pyridine rings is 1. The second kappa shape index (κ2) is 9.14. The number of anilines is 1. The first-order chi connectivity index (χ1) is 13.1. The van der Waals surface area contributed by atoms with Crippen LogP contribution >= 0.6 is 15.9 Å². The standard InChI is InChI=1S/C22H19BrN2O2/c1-16-13-19(23)14-24-22(16)25-21(26)12-9-17-7-10-20(11-8-17)27-15-18-5-3-2-4-6-18/h2-14H,15H2,1H3,(H,24,25,26)/b12-9+. The molecule has 0 aliphatic carbocycles. The van der Waals surface area contributed by atoms with Crippen molar-refractivity contribution in [3.05, 3.63) is 94.1 Å².